The molecule has 2 rings (SSSR count). The Morgan fingerprint density at radius 2 is 2.25 bits per heavy atom. The molecule has 12 heavy (non-hydrogen) atoms. The SMILES string of the molecule is CC1CC1NC(=O)C1(CN)CC1. The molecule has 2 fully saturated rings. The zero-order valence-corrected chi connectivity index (χ0v) is 7.47. The smallest absolute Gasteiger partial charge is 0.227 e. The topological polar surface area (TPSA) is 55.1 Å². The van der Waals surface area contributed by atoms with Gasteiger partial charge in [0.1, 0.15) is 0 Å². The van der Waals surface area contributed by atoms with Crippen LogP contribution in [0.1, 0.15) is 26.2 Å². The minimum Gasteiger partial charge on any atom is -0.353 e. The Balaban J connectivity index is 1.84. The van der Waals surface area contributed by atoms with Crippen LogP contribution in [0, 0.1) is 11.3 Å². The van der Waals surface area contributed by atoms with E-state index in [-0.39, 0.29) is 11.3 Å². The summed E-state index contributed by atoms with van der Waals surface area (Å²) in [6.07, 6.45) is 3.11. The lowest BCUT2D eigenvalue weighted by atomic mass is 10.1. The third kappa shape index (κ3) is 1.22. The molecule has 0 bridgehead atoms. The van der Waals surface area contributed by atoms with Crippen LogP contribution in [-0.4, -0.2) is 18.5 Å². The summed E-state index contributed by atoms with van der Waals surface area (Å²) >= 11 is 0. The van der Waals surface area contributed by atoms with Gasteiger partial charge in [-0.15, -0.1) is 0 Å². The number of amides is 1. The number of hydrogen-bond acceptors (Lipinski definition) is 2. The molecule has 2 saturated carbocycles. The molecule has 1 amide bonds. The molecule has 0 aliphatic heterocycles. The predicted molar refractivity (Wildman–Crippen MR) is 46.4 cm³/mol. The molecule has 0 spiro atoms. The molecule has 3 nitrogen and oxygen atoms in total. The fraction of sp³-hybridized carbons (Fsp3) is 0.889. The number of carbonyl (C=O) groups is 1. The fourth-order valence-electron chi connectivity index (χ4n) is 1.52. The Kier molecular flexibility index (Phi) is 1.65. The van der Waals surface area contributed by atoms with Crippen molar-refractivity contribution in [3.63, 3.8) is 0 Å². The minimum atomic E-state index is -0.164. The number of carbonyl (C=O) groups excluding carboxylic acids is 1. The number of rotatable bonds is 3. The van der Waals surface area contributed by atoms with Gasteiger partial charge in [-0.05, 0) is 25.2 Å². The van der Waals surface area contributed by atoms with E-state index >= 15 is 0 Å². The zero-order valence-electron chi connectivity index (χ0n) is 7.47. The van der Waals surface area contributed by atoms with Crippen LogP contribution in [0.25, 0.3) is 0 Å². The van der Waals surface area contributed by atoms with E-state index in [1.165, 1.54) is 0 Å². The fourth-order valence-corrected chi connectivity index (χ4v) is 1.52. The Morgan fingerprint density at radius 3 is 2.58 bits per heavy atom. The summed E-state index contributed by atoms with van der Waals surface area (Å²) in [5, 5.41) is 3.04. The highest BCUT2D eigenvalue weighted by Crippen LogP contribution is 2.45. The maximum absolute atomic E-state index is 11.6. The molecule has 2 unspecified atom stereocenters. The lowest BCUT2D eigenvalue weighted by Gasteiger charge is -2.11. The van der Waals surface area contributed by atoms with Crippen molar-refractivity contribution in [3.8, 4) is 0 Å². The van der Waals surface area contributed by atoms with Gasteiger partial charge in [0.2, 0.25) is 5.91 Å². The van der Waals surface area contributed by atoms with Crippen LogP contribution in [0.15, 0.2) is 0 Å². The number of nitrogens with one attached hydrogen (secondary N) is 1. The van der Waals surface area contributed by atoms with Crippen LogP contribution < -0.4 is 11.1 Å². The summed E-state index contributed by atoms with van der Waals surface area (Å²) in [7, 11) is 0. The van der Waals surface area contributed by atoms with Gasteiger partial charge < -0.3 is 11.1 Å². The molecule has 0 radical (unpaired) electrons. The Bertz CT molecular complexity index is 211. The molecule has 68 valence electrons. The monoisotopic (exact) mass is 168 g/mol. The van der Waals surface area contributed by atoms with E-state index in [2.05, 4.69) is 12.2 Å². The van der Waals surface area contributed by atoms with E-state index in [0.717, 1.165) is 19.3 Å². The van der Waals surface area contributed by atoms with Crippen LogP contribution in [-0.2, 0) is 4.79 Å². The summed E-state index contributed by atoms with van der Waals surface area (Å²) < 4.78 is 0. The number of nitrogens with two attached hydrogens (primary N) is 1. The van der Waals surface area contributed by atoms with Gasteiger partial charge in [0.05, 0.1) is 5.41 Å². The van der Waals surface area contributed by atoms with Gasteiger partial charge >= 0.3 is 0 Å². The highest BCUT2D eigenvalue weighted by molar-refractivity contribution is 5.86. The average molecular weight is 168 g/mol. The molecule has 2 atom stereocenters. The summed E-state index contributed by atoms with van der Waals surface area (Å²) in [4.78, 5) is 11.6. The van der Waals surface area contributed by atoms with Crippen molar-refractivity contribution < 1.29 is 4.79 Å². The third-order valence-electron chi connectivity index (χ3n) is 3.15. The highest BCUT2D eigenvalue weighted by atomic mass is 16.2. The van der Waals surface area contributed by atoms with Crippen LogP contribution in [0.2, 0.25) is 0 Å². The van der Waals surface area contributed by atoms with Crippen LogP contribution in [0.4, 0.5) is 0 Å². The van der Waals surface area contributed by atoms with Crippen molar-refractivity contribution in [3.05, 3.63) is 0 Å². The number of hydrogen-bond donors (Lipinski definition) is 2. The van der Waals surface area contributed by atoms with Crippen molar-refractivity contribution >= 4 is 5.91 Å². The quantitative estimate of drug-likeness (QED) is 0.634. The molecule has 2 aliphatic carbocycles. The summed E-state index contributed by atoms with van der Waals surface area (Å²) in [6.45, 7) is 2.67. The van der Waals surface area contributed by atoms with E-state index in [1.54, 1.807) is 0 Å². The molecule has 0 aromatic rings. The maximum Gasteiger partial charge on any atom is 0.227 e. The van der Waals surface area contributed by atoms with Crippen LogP contribution >= 0.6 is 0 Å². The summed E-state index contributed by atoms with van der Waals surface area (Å²) in [5.41, 5.74) is 5.38. The van der Waals surface area contributed by atoms with E-state index in [1.807, 2.05) is 0 Å². The van der Waals surface area contributed by atoms with Gasteiger partial charge in [0.15, 0.2) is 0 Å². The summed E-state index contributed by atoms with van der Waals surface area (Å²) in [6, 6.07) is 0.446. The molecular weight excluding hydrogens is 152 g/mol. The van der Waals surface area contributed by atoms with Gasteiger partial charge in [0, 0.05) is 12.6 Å². The average Bonchev–Trinajstić information content (AvgIpc) is 2.89. The van der Waals surface area contributed by atoms with Crippen LogP contribution in [0.5, 0.6) is 0 Å². The van der Waals surface area contributed by atoms with Gasteiger partial charge in [-0.3, -0.25) is 4.79 Å². The first-order chi connectivity index (χ1) is 5.68. The first-order valence-corrected chi connectivity index (χ1v) is 4.69. The Hall–Kier alpha value is -0.570. The second-order valence-corrected chi connectivity index (χ2v) is 4.28. The largest absolute Gasteiger partial charge is 0.353 e. The van der Waals surface area contributed by atoms with E-state index in [9.17, 15) is 4.79 Å². The van der Waals surface area contributed by atoms with E-state index in [4.69, 9.17) is 5.73 Å². The van der Waals surface area contributed by atoms with Gasteiger partial charge in [-0.2, -0.15) is 0 Å². The second kappa shape index (κ2) is 2.46. The standard InChI is InChI=1S/C9H16N2O/c1-6-4-7(6)11-8(12)9(5-10)2-3-9/h6-7H,2-5,10H2,1H3,(H,11,12). The Morgan fingerprint density at radius 1 is 1.67 bits per heavy atom. The van der Waals surface area contributed by atoms with Crippen molar-refractivity contribution in [1.29, 1.82) is 0 Å². The second-order valence-electron chi connectivity index (χ2n) is 4.28. The maximum atomic E-state index is 11.6. The highest BCUT2D eigenvalue weighted by Gasteiger charge is 2.50. The lowest BCUT2D eigenvalue weighted by Crippen LogP contribution is -2.38. The third-order valence-corrected chi connectivity index (χ3v) is 3.15. The first kappa shape index (κ1) is 8.05. The van der Waals surface area contributed by atoms with Gasteiger partial charge in [-0.25, -0.2) is 0 Å². The zero-order chi connectivity index (χ0) is 8.77. The van der Waals surface area contributed by atoms with E-state index in [0.29, 0.717) is 18.5 Å². The molecule has 0 aromatic carbocycles. The lowest BCUT2D eigenvalue weighted by molar-refractivity contribution is -0.126. The minimum absolute atomic E-state index is 0.164. The molecule has 3 N–H and O–H groups in total. The molecule has 0 heterocycles. The molecule has 0 aromatic heterocycles. The normalized spacial score (nSPS) is 35.8. The van der Waals surface area contributed by atoms with Crippen LogP contribution in [0.3, 0.4) is 0 Å². The molecule has 3 heteroatoms. The molecular formula is C9H16N2O. The molecule has 0 saturated heterocycles. The summed E-state index contributed by atoms with van der Waals surface area (Å²) in [5.74, 6) is 0.877. The first-order valence-electron chi connectivity index (χ1n) is 4.69. The van der Waals surface area contributed by atoms with E-state index < -0.39 is 0 Å². The van der Waals surface area contributed by atoms with Crippen molar-refractivity contribution in [2.24, 2.45) is 17.1 Å². The molecule has 2 aliphatic rings. The van der Waals surface area contributed by atoms with Crippen molar-refractivity contribution in [2.75, 3.05) is 6.54 Å². The predicted octanol–water partition coefficient (Wildman–Crippen LogP) is 0.250. The van der Waals surface area contributed by atoms with Gasteiger partial charge in [0.25, 0.3) is 0 Å². The Labute approximate surface area is 72.7 Å². The van der Waals surface area contributed by atoms with Crippen molar-refractivity contribution in [1.82, 2.24) is 5.32 Å². The van der Waals surface area contributed by atoms with Crippen molar-refractivity contribution in [2.45, 2.75) is 32.2 Å². The van der Waals surface area contributed by atoms with Gasteiger partial charge in [-0.1, -0.05) is 6.92 Å².